The van der Waals surface area contributed by atoms with E-state index in [-0.39, 0.29) is 0 Å². The molecule has 4 nitrogen and oxygen atoms in total. The topological polar surface area (TPSA) is 69.6 Å². The lowest BCUT2D eigenvalue weighted by Gasteiger charge is -2.31. The number of hydrogen-bond donors (Lipinski definition) is 1. The molecule has 1 atom stereocenters. The van der Waals surface area contributed by atoms with Gasteiger partial charge in [-0.1, -0.05) is 26.0 Å². The number of carbonyl (C=O) groups is 1. The van der Waals surface area contributed by atoms with Crippen LogP contribution in [0.4, 0.5) is 0 Å². The molecule has 1 N–H and O–H groups in total. The maximum atomic E-state index is 10.9. The molecule has 0 aliphatic rings. The highest BCUT2D eigenvalue weighted by molar-refractivity contribution is 5.72. The van der Waals surface area contributed by atoms with Gasteiger partial charge in [-0.2, -0.15) is 0 Å². The predicted octanol–water partition coefficient (Wildman–Crippen LogP) is 0.505. The summed E-state index contributed by atoms with van der Waals surface area (Å²) in [5.41, 5.74) is -0.802. The van der Waals surface area contributed by atoms with Crippen molar-refractivity contribution in [1.29, 1.82) is 0 Å². The summed E-state index contributed by atoms with van der Waals surface area (Å²) in [6, 6.07) is 6.61. The Labute approximate surface area is 94.5 Å². The number of methoxy groups -OCH3 is 1. The van der Waals surface area contributed by atoms with Crippen LogP contribution in [-0.4, -0.2) is 18.2 Å². The van der Waals surface area contributed by atoms with Crippen molar-refractivity contribution in [1.82, 2.24) is 0 Å². The zero-order valence-corrected chi connectivity index (χ0v) is 9.56. The summed E-state index contributed by atoms with van der Waals surface area (Å²) in [7, 11) is 1.54. The van der Waals surface area contributed by atoms with E-state index in [1.165, 1.54) is 21.0 Å². The molecular weight excluding hydrogens is 208 g/mol. The minimum atomic E-state index is -1.32. The molecule has 0 heterocycles. The Morgan fingerprint density at radius 3 is 2.25 bits per heavy atom. The van der Waals surface area contributed by atoms with Crippen LogP contribution in [0.5, 0.6) is 5.75 Å². The molecule has 0 aliphatic heterocycles. The molecule has 0 fully saturated rings. The zero-order valence-electron chi connectivity index (χ0n) is 9.56. The molecule has 0 unspecified atom stereocenters. The molecule has 1 rings (SSSR count). The van der Waals surface area contributed by atoms with Gasteiger partial charge in [-0.25, -0.2) is 0 Å². The molecule has 0 aromatic heterocycles. The van der Waals surface area contributed by atoms with Crippen molar-refractivity contribution in [2.45, 2.75) is 20.0 Å². The molecule has 0 amide bonds. The first-order valence-electron chi connectivity index (χ1n) is 4.93. The van der Waals surface area contributed by atoms with E-state index in [0.717, 1.165) is 0 Å². The van der Waals surface area contributed by atoms with E-state index in [1.54, 1.807) is 24.3 Å². The third kappa shape index (κ3) is 2.33. The lowest BCUT2D eigenvalue weighted by molar-refractivity contribution is -0.321. The second kappa shape index (κ2) is 4.53. The molecule has 0 saturated heterocycles. The molecule has 1 aromatic rings. The Bertz CT molecular complexity index is 367. The number of aliphatic carboxylic acids is 1. The van der Waals surface area contributed by atoms with Gasteiger partial charge in [0, 0.05) is 11.4 Å². The summed E-state index contributed by atoms with van der Waals surface area (Å²) in [6.07, 6.45) is -1.11. The van der Waals surface area contributed by atoms with E-state index >= 15 is 0 Å². The van der Waals surface area contributed by atoms with Gasteiger partial charge in [0.1, 0.15) is 5.75 Å². The number of ether oxygens (including phenoxy) is 1. The van der Waals surface area contributed by atoms with Crippen LogP contribution >= 0.6 is 0 Å². The summed E-state index contributed by atoms with van der Waals surface area (Å²) in [5.74, 6) is -0.627. The van der Waals surface area contributed by atoms with Crippen LogP contribution in [0.2, 0.25) is 0 Å². The number of rotatable bonds is 4. The van der Waals surface area contributed by atoms with Gasteiger partial charge in [-0.05, 0) is 17.7 Å². The van der Waals surface area contributed by atoms with Crippen molar-refractivity contribution in [3.63, 3.8) is 0 Å². The molecule has 88 valence electrons. The van der Waals surface area contributed by atoms with Gasteiger partial charge in [-0.15, -0.1) is 0 Å². The van der Waals surface area contributed by atoms with Crippen LogP contribution in [0.25, 0.3) is 0 Å². The van der Waals surface area contributed by atoms with E-state index < -0.39 is 17.5 Å². The van der Waals surface area contributed by atoms with Gasteiger partial charge >= 0.3 is 0 Å². The molecule has 0 bridgehead atoms. The molecule has 1 aromatic carbocycles. The van der Waals surface area contributed by atoms with Crippen LogP contribution in [0.3, 0.4) is 0 Å². The van der Waals surface area contributed by atoms with Crippen LogP contribution in [-0.2, 0) is 4.79 Å². The van der Waals surface area contributed by atoms with Gasteiger partial charge < -0.3 is 19.7 Å². The first-order chi connectivity index (χ1) is 7.39. The Hall–Kier alpha value is -1.55. The molecule has 16 heavy (non-hydrogen) atoms. The van der Waals surface area contributed by atoms with Crippen molar-refractivity contribution in [2.24, 2.45) is 5.41 Å². The smallest absolute Gasteiger partial charge is 0.118 e. The number of benzene rings is 1. The second-order valence-corrected chi connectivity index (χ2v) is 4.18. The van der Waals surface area contributed by atoms with E-state index in [0.29, 0.717) is 11.3 Å². The summed E-state index contributed by atoms with van der Waals surface area (Å²) in [4.78, 5) is 10.9. The molecule has 0 spiro atoms. The normalized spacial score (nSPS) is 13.2. The second-order valence-electron chi connectivity index (χ2n) is 4.18. The van der Waals surface area contributed by atoms with Gasteiger partial charge in [0.15, 0.2) is 0 Å². The summed E-state index contributed by atoms with van der Waals surface area (Å²) in [5, 5.41) is 20.8. The summed E-state index contributed by atoms with van der Waals surface area (Å²) < 4.78 is 4.97. The van der Waals surface area contributed by atoms with Crippen molar-refractivity contribution < 1.29 is 19.7 Å². The Balaban J connectivity index is 2.96. The predicted molar refractivity (Wildman–Crippen MR) is 56.7 cm³/mol. The average Bonchev–Trinajstić information content (AvgIpc) is 2.28. The van der Waals surface area contributed by atoms with Crippen LogP contribution < -0.4 is 9.84 Å². The van der Waals surface area contributed by atoms with Gasteiger partial charge in [0.25, 0.3) is 0 Å². The Morgan fingerprint density at radius 2 is 1.88 bits per heavy atom. The van der Waals surface area contributed by atoms with Crippen molar-refractivity contribution in [2.75, 3.05) is 7.11 Å². The quantitative estimate of drug-likeness (QED) is 0.807. The first kappa shape index (κ1) is 12.5. The van der Waals surface area contributed by atoms with Gasteiger partial charge in [0.2, 0.25) is 0 Å². The molecule has 4 heteroatoms. The van der Waals surface area contributed by atoms with Gasteiger partial charge in [0.05, 0.1) is 13.2 Å². The number of carboxylic acid groups (broad SMARTS) is 1. The number of carbonyl (C=O) groups excluding carboxylic acids is 1. The van der Waals surface area contributed by atoms with Crippen molar-refractivity contribution >= 4 is 5.97 Å². The number of aliphatic hydroxyl groups is 1. The van der Waals surface area contributed by atoms with E-state index in [9.17, 15) is 15.0 Å². The molecule has 0 radical (unpaired) electrons. The SMILES string of the molecule is COc1ccc([C@@H](O)C(C)(C)C(=O)[O-])cc1. The largest absolute Gasteiger partial charge is 0.549 e. The minimum Gasteiger partial charge on any atom is -0.549 e. The summed E-state index contributed by atoms with van der Waals surface area (Å²) >= 11 is 0. The zero-order chi connectivity index (χ0) is 12.3. The average molecular weight is 223 g/mol. The summed E-state index contributed by atoms with van der Waals surface area (Å²) in [6.45, 7) is 2.86. The standard InChI is InChI=1S/C12H16O4/c1-12(2,11(14)15)10(13)8-4-6-9(16-3)7-5-8/h4-7,10,13H,1-3H3,(H,14,15)/p-1/t10-/m1/s1. The fraction of sp³-hybridized carbons (Fsp3) is 0.417. The number of carboxylic acids is 1. The van der Waals surface area contributed by atoms with Crippen molar-refractivity contribution in [3.8, 4) is 5.75 Å². The molecule has 0 aliphatic carbocycles. The monoisotopic (exact) mass is 223 g/mol. The fourth-order valence-electron chi connectivity index (χ4n) is 1.31. The highest BCUT2D eigenvalue weighted by atomic mass is 16.5. The highest BCUT2D eigenvalue weighted by Crippen LogP contribution is 2.33. The maximum absolute atomic E-state index is 10.9. The van der Waals surface area contributed by atoms with Crippen LogP contribution in [0.1, 0.15) is 25.5 Å². The van der Waals surface area contributed by atoms with E-state index in [4.69, 9.17) is 4.74 Å². The van der Waals surface area contributed by atoms with Crippen LogP contribution in [0.15, 0.2) is 24.3 Å². The third-order valence-corrected chi connectivity index (χ3v) is 2.64. The Morgan fingerprint density at radius 1 is 1.38 bits per heavy atom. The maximum Gasteiger partial charge on any atom is 0.118 e. The van der Waals surface area contributed by atoms with Crippen LogP contribution in [0, 0.1) is 5.41 Å². The van der Waals surface area contributed by atoms with Crippen molar-refractivity contribution in [3.05, 3.63) is 29.8 Å². The highest BCUT2D eigenvalue weighted by Gasteiger charge is 2.30. The lowest BCUT2D eigenvalue weighted by atomic mass is 9.83. The fourth-order valence-corrected chi connectivity index (χ4v) is 1.31. The minimum absolute atomic E-state index is 0.523. The van der Waals surface area contributed by atoms with E-state index in [2.05, 4.69) is 0 Å². The Kier molecular flexibility index (Phi) is 3.55. The first-order valence-corrected chi connectivity index (χ1v) is 4.93. The lowest BCUT2D eigenvalue weighted by Crippen LogP contribution is -2.42. The molecular formula is C12H15O4-. The van der Waals surface area contributed by atoms with Gasteiger partial charge in [-0.3, -0.25) is 0 Å². The molecule has 0 saturated carbocycles. The number of aliphatic hydroxyl groups excluding tert-OH is 1. The number of hydrogen-bond acceptors (Lipinski definition) is 4. The third-order valence-electron chi connectivity index (χ3n) is 2.64. The van der Waals surface area contributed by atoms with E-state index in [1.807, 2.05) is 0 Å².